The summed E-state index contributed by atoms with van der Waals surface area (Å²) in [5.41, 5.74) is 7.32. The first-order valence-corrected chi connectivity index (χ1v) is 11.1. The summed E-state index contributed by atoms with van der Waals surface area (Å²) < 4.78 is 5.37. The molecule has 0 aliphatic carbocycles. The number of fused-ring (bicyclic) bond motifs is 1. The van der Waals surface area contributed by atoms with Gasteiger partial charge in [0.15, 0.2) is 5.75 Å². The highest BCUT2D eigenvalue weighted by atomic mass is 35.5. The number of rotatable bonds is 7. The molecule has 1 amide bonds. The second kappa shape index (κ2) is 10.1. The van der Waals surface area contributed by atoms with Crippen molar-refractivity contribution in [3.05, 3.63) is 98.1 Å². The number of amides is 1. The zero-order valence-corrected chi connectivity index (χ0v) is 19.5. The fourth-order valence-electron chi connectivity index (χ4n) is 3.50. The second-order valence-electron chi connectivity index (χ2n) is 7.58. The zero-order chi connectivity index (χ0) is 25.1. The van der Waals surface area contributed by atoms with Crippen molar-refractivity contribution in [1.29, 1.82) is 0 Å². The van der Waals surface area contributed by atoms with Crippen LogP contribution in [0.4, 0.5) is 11.4 Å². The van der Waals surface area contributed by atoms with Crippen LogP contribution in [0, 0.1) is 10.1 Å². The van der Waals surface area contributed by atoms with Gasteiger partial charge in [0, 0.05) is 23.5 Å². The summed E-state index contributed by atoms with van der Waals surface area (Å²) in [6, 6.07) is 14.9. The van der Waals surface area contributed by atoms with Crippen molar-refractivity contribution in [2.75, 3.05) is 5.32 Å². The second-order valence-corrected chi connectivity index (χ2v) is 8.40. The van der Waals surface area contributed by atoms with E-state index in [9.17, 15) is 19.7 Å². The number of H-pyrrole nitrogens is 1. The van der Waals surface area contributed by atoms with Crippen LogP contribution in [0.25, 0.3) is 10.9 Å². The van der Waals surface area contributed by atoms with Crippen LogP contribution in [0.3, 0.4) is 0 Å². The molecule has 4 aromatic rings. The number of nitrogens with zero attached hydrogens (tertiary/aromatic N) is 1. The fourth-order valence-corrected chi connectivity index (χ4v) is 3.92. The van der Waals surface area contributed by atoms with Gasteiger partial charge < -0.3 is 20.8 Å². The van der Waals surface area contributed by atoms with Crippen LogP contribution in [0.5, 0.6) is 5.75 Å². The molecule has 0 spiro atoms. The number of aromatic nitrogens is 1. The first-order valence-electron chi connectivity index (χ1n) is 10.3. The Bertz CT molecular complexity index is 1450. The van der Waals surface area contributed by atoms with Crippen molar-refractivity contribution < 1.29 is 19.2 Å². The molecule has 1 aromatic heterocycles. The highest BCUT2D eigenvalue weighted by molar-refractivity contribution is 6.34. The third-order valence-electron chi connectivity index (χ3n) is 5.24. The molecule has 4 rings (SSSR count). The van der Waals surface area contributed by atoms with Crippen LogP contribution in [-0.4, -0.2) is 27.8 Å². The van der Waals surface area contributed by atoms with Gasteiger partial charge in [0.1, 0.15) is 11.1 Å². The van der Waals surface area contributed by atoms with E-state index in [1.165, 1.54) is 0 Å². The maximum atomic E-state index is 12.9. The number of hydrogen-bond donors (Lipinski definition) is 3. The number of benzene rings is 3. The van der Waals surface area contributed by atoms with E-state index in [2.05, 4.69) is 10.3 Å². The minimum absolute atomic E-state index is 0.139. The lowest BCUT2D eigenvalue weighted by atomic mass is 10.1. The van der Waals surface area contributed by atoms with Gasteiger partial charge in [-0.2, -0.15) is 0 Å². The molecule has 1 unspecified atom stereocenters. The van der Waals surface area contributed by atoms with Crippen LogP contribution in [0.2, 0.25) is 10.0 Å². The molecule has 1 atom stereocenters. The third kappa shape index (κ3) is 5.27. The fraction of sp³-hybridized carbons (Fsp3) is 0.0833. The topological polar surface area (TPSA) is 140 Å². The predicted octanol–water partition coefficient (Wildman–Crippen LogP) is 5.11. The van der Waals surface area contributed by atoms with E-state index >= 15 is 0 Å². The SMILES string of the molecule is NC(Cc1c[nH]c2ccccc12)C(=O)Oc1cc([N+](=O)[O-])c(Cl)cc1C(=O)Nc1ccccc1Cl. The number of carbonyl (C=O) groups excluding carboxylic acids is 2. The van der Waals surface area contributed by atoms with Crippen LogP contribution in [0.15, 0.2) is 66.9 Å². The van der Waals surface area contributed by atoms with Crippen molar-refractivity contribution in [3.63, 3.8) is 0 Å². The molecule has 178 valence electrons. The number of esters is 1. The number of aromatic amines is 1. The minimum Gasteiger partial charge on any atom is -0.424 e. The molecule has 0 bridgehead atoms. The van der Waals surface area contributed by atoms with Crippen LogP contribution in [-0.2, 0) is 11.2 Å². The Morgan fingerprint density at radius 1 is 1.09 bits per heavy atom. The molecule has 0 fully saturated rings. The molecule has 9 nitrogen and oxygen atoms in total. The molecular weight excluding hydrogens is 495 g/mol. The van der Waals surface area contributed by atoms with E-state index in [-0.39, 0.29) is 27.8 Å². The van der Waals surface area contributed by atoms with Crippen LogP contribution >= 0.6 is 23.2 Å². The quantitative estimate of drug-likeness (QED) is 0.136. The van der Waals surface area contributed by atoms with E-state index in [0.29, 0.717) is 5.69 Å². The van der Waals surface area contributed by atoms with Gasteiger partial charge >= 0.3 is 5.97 Å². The average molecular weight is 513 g/mol. The first kappa shape index (κ1) is 24.2. The predicted molar refractivity (Wildman–Crippen MR) is 133 cm³/mol. The van der Waals surface area contributed by atoms with Crippen molar-refractivity contribution in [3.8, 4) is 5.75 Å². The number of nitrogens with two attached hydrogens (primary N) is 1. The molecular formula is C24H18Cl2N4O5. The zero-order valence-electron chi connectivity index (χ0n) is 18.0. The summed E-state index contributed by atoms with van der Waals surface area (Å²) in [6.45, 7) is 0. The smallest absolute Gasteiger partial charge is 0.328 e. The lowest BCUT2D eigenvalue weighted by molar-refractivity contribution is -0.384. The van der Waals surface area contributed by atoms with Gasteiger partial charge in [0.2, 0.25) is 0 Å². The lowest BCUT2D eigenvalue weighted by Gasteiger charge is -2.15. The maximum absolute atomic E-state index is 12.9. The van der Waals surface area contributed by atoms with E-state index in [0.717, 1.165) is 28.6 Å². The van der Waals surface area contributed by atoms with Crippen molar-refractivity contribution in [2.45, 2.75) is 12.5 Å². The molecule has 1 heterocycles. The first-order chi connectivity index (χ1) is 16.7. The van der Waals surface area contributed by atoms with Crippen molar-refractivity contribution in [2.24, 2.45) is 5.73 Å². The third-order valence-corrected chi connectivity index (χ3v) is 5.87. The number of carbonyl (C=O) groups is 2. The summed E-state index contributed by atoms with van der Waals surface area (Å²) in [6.07, 6.45) is 1.88. The number of anilines is 1. The molecule has 3 aromatic carbocycles. The Hall–Kier alpha value is -3.92. The van der Waals surface area contributed by atoms with E-state index in [4.69, 9.17) is 33.7 Å². The summed E-state index contributed by atoms with van der Waals surface area (Å²) in [5.74, 6) is -1.97. The monoisotopic (exact) mass is 512 g/mol. The molecule has 0 saturated heterocycles. The van der Waals surface area contributed by atoms with Crippen molar-refractivity contribution >= 4 is 57.4 Å². The van der Waals surface area contributed by atoms with Gasteiger partial charge in [0.05, 0.1) is 27.3 Å². The molecule has 0 aliphatic heterocycles. The summed E-state index contributed by atoms with van der Waals surface area (Å²) in [7, 11) is 0. The number of nitrogens with one attached hydrogen (secondary N) is 2. The number of para-hydroxylation sites is 2. The standard InChI is InChI=1S/C24H18Cl2N4O5/c25-16-6-2-4-8-20(16)29-23(31)15-10-17(26)21(30(33)34)11-22(15)35-24(32)18(27)9-13-12-28-19-7-3-1-5-14(13)19/h1-8,10-12,18,28H,9,27H2,(H,29,31). The van der Waals surface area contributed by atoms with Gasteiger partial charge in [-0.25, -0.2) is 4.79 Å². The lowest BCUT2D eigenvalue weighted by Crippen LogP contribution is -2.36. The Labute approximate surface area is 208 Å². The molecule has 0 saturated carbocycles. The average Bonchev–Trinajstić information content (AvgIpc) is 3.23. The van der Waals surface area contributed by atoms with Gasteiger partial charge in [-0.15, -0.1) is 0 Å². The van der Waals surface area contributed by atoms with Crippen LogP contribution < -0.4 is 15.8 Å². The molecule has 4 N–H and O–H groups in total. The van der Waals surface area contributed by atoms with Gasteiger partial charge in [-0.1, -0.05) is 53.5 Å². The molecule has 11 heteroatoms. The Morgan fingerprint density at radius 2 is 1.80 bits per heavy atom. The molecule has 0 aliphatic rings. The van der Waals surface area contributed by atoms with E-state index in [1.807, 2.05) is 24.3 Å². The number of nitro groups is 1. The Balaban J connectivity index is 1.61. The highest BCUT2D eigenvalue weighted by Crippen LogP contribution is 2.34. The van der Waals surface area contributed by atoms with E-state index in [1.54, 1.807) is 30.5 Å². The van der Waals surface area contributed by atoms with Crippen molar-refractivity contribution in [1.82, 2.24) is 4.98 Å². The van der Waals surface area contributed by atoms with Crippen LogP contribution in [0.1, 0.15) is 15.9 Å². The Morgan fingerprint density at radius 3 is 2.54 bits per heavy atom. The summed E-state index contributed by atoms with van der Waals surface area (Å²) >= 11 is 12.1. The number of ether oxygens (including phenoxy) is 1. The number of nitro benzene ring substituents is 1. The van der Waals surface area contributed by atoms with E-state index < -0.39 is 28.5 Å². The molecule has 0 radical (unpaired) electrons. The summed E-state index contributed by atoms with van der Waals surface area (Å²) in [5, 5.41) is 14.8. The highest BCUT2D eigenvalue weighted by Gasteiger charge is 2.26. The van der Waals surface area contributed by atoms with Gasteiger partial charge in [-0.05, 0) is 29.8 Å². The largest absolute Gasteiger partial charge is 0.424 e. The number of hydrogen-bond acceptors (Lipinski definition) is 6. The van der Waals surface area contributed by atoms with Gasteiger partial charge in [0.25, 0.3) is 11.6 Å². The van der Waals surface area contributed by atoms with Gasteiger partial charge in [-0.3, -0.25) is 14.9 Å². The normalized spacial score (nSPS) is 11.7. The summed E-state index contributed by atoms with van der Waals surface area (Å²) in [4.78, 5) is 39.5. The molecule has 35 heavy (non-hydrogen) atoms. The minimum atomic E-state index is -1.11. The number of halogens is 2. The maximum Gasteiger partial charge on any atom is 0.328 e. The Kier molecular flexibility index (Phi) is 7.02.